The highest BCUT2D eigenvalue weighted by molar-refractivity contribution is 7.15. The second kappa shape index (κ2) is 8.00. The number of ether oxygens (including phenoxy) is 1. The largest absolute Gasteiger partial charge is 0.459 e. The molecular weight excluding hydrogens is 396 g/mol. The number of nitro groups is 1. The van der Waals surface area contributed by atoms with Crippen LogP contribution < -0.4 is 10.5 Å². The lowest BCUT2D eigenvalue weighted by Crippen LogP contribution is -2.37. The summed E-state index contributed by atoms with van der Waals surface area (Å²) in [7, 11) is 0. The van der Waals surface area contributed by atoms with Crippen molar-refractivity contribution >= 4 is 33.6 Å². The number of nitro benzene ring substituents is 1. The molecule has 3 aromatic rings. The van der Waals surface area contributed by atoms with Gasteiger partial charge in [0, 0.05) is 36.8 Å². The molecule has 2 aromatic heterocycles. The van der Waals surface area contributed by atoms with Crippen molar-refractivity contribution in [2.75, 3.05) is 18.0 Å². The van der Waals surface area contributed by atoms with Crippen LogP contribution in [0.5, 0.6) is 0 Å². The Morgan fingerprint density at radius 3 is 2.83 bits per heavy atom. The molecule has 1 aliphatic rings. The first-order valence-electron chi connectivity index (χ1n) is 9.14. The average Bonchev–Trinajstić information content (AvgIpc) is 3.21. The third-order valence-corrected chi connectivity index (χ3v) is 5.72. The molecule has 0 spiro atoms. The van der Waals surface area contributed by atoms with E-state index in [1.54, 1.807) is 29.8 Å². The highest BCUT2D eigenvalue weighted by Crippen LogP contribution is 2.31. The number of rotatable bonds is 5. The summed E-state index contributed by atoms with van der Waals surface area (Å²) in [6.07, 6.45) is 2.74. The first-order valence-corrected chi connectivity index (χ1v) is 10.0. The molecule has 1 aromatic carbocycles. The van der Waals surface area contributed by atoms with Crippen molar-refractivity contribution < 1.29 is 14.5 Å². The SMILES string of the molecule is O=C(OCc1cc(=O)n2ccsc2n1)C1CCN(c2ccccc2[N+](=O)[O-])CC1. The van der Waals surface area contributed by atoms with Crippen LogP contribution in [0.4, 0.5) is 11.4 Å². The normalized spacial score (nSPS) is 14.8. The van der Waals surface area contributed by atoms with Crippen molar-refractivity contribution in [2.45, 2.75) is 19.4 Å². The van der Waals surface area contributed by atoms with E-state index in [0.717, 1.165) is 0 Å². The fourth-order valence-corrected chi connectivity index (χ4v) is 4.21. The van der Waals surface area contributed by atoms with Gasteiger partial charge in [-0.05, 0) is 18.9 Å². The van der Waals surface area contributed by atoms with Gasteiger partial charge in [0.1, 0.15) is 12.3 Å². The minimum absolute atomic E-state index is 0.0488. The predicted octanol–water partition coefficient (Wildman–Crippen LogP) is 2.62. The summed E-state index contributed by atoms with van der Waals surface area (Å²) in [5.74, 6) is -0.610. The van der Waals surface area contributed by atoms with E-state index < -0.39 is 4.92 Å². The van der Waals surface area contributed by atoms with Crippen LogP contribution in [0.1, 0.15) is 18.5 Å². The van der Waals surface area contributed by atoms with Crippen molar-refractivity contribution in [1.29, 1.82) is 0 Å². The lowest BCUT2D eigenvalue weighted by atomic mass is 9.96. The van der Waals surface area contributed by atoms with Crippen LogP contribution in [0.15, 0.2) is 46.7 Å². The molecule has 0 aliphatic carbocycles. The van der Waals surface area contributed by atoms with Gasteiger partial charge in [0.25, 0.3) is 11.2 Å². The van der Waals surface area contributed by atoms with Crippen LogP contribution >= 0.6 is 11.3 Å². The van der Waals surface area contributed by atoms with Gasteiger partial charge < -0.3 is 9.64 Å². The summed E-state index contributed by atoms with van der Waals surface area (Å²) in [5, 5.41) is 13.0. The minimum atomic E-state index is -0.393. The standard InChI is InChI=1S/C19H18N4O5S/c24-17-11-14(20-19-22(17)9-10-29-19)12-28-18(25)13-5-7-21(8-6-13)15-3-1-2-4-16(15)23(26)27/h1-4,9-11,13H,5-8,12H2. The Bertz CT molecular complexity index is 1120. The molecule has 0 amide bonds. The average molecular weight is 414 g/mol. The number of hydrogen-bond donors (Lipinski definition) is 0. The quantitative estimate of drug-likeness (QED) is 0.359. The number of aromatic nitrogens is 2. The Morgan fingerprint density at radius 2 is 2.07 bits per heavy atom. The number of anilines is 1. The number of carbonyl (C=O) groups excluding carboxylic acids is 1. The molecule has 1 fully saturated rings. The Morgan fingerprint density at radius 1 is 1.31 bits per heavy atom. The van der Waals surface area contributed by atoms with E-state index in [-0.39, 0.29) is 29.7 Å². The van der Waals surface area contributed by atoms with Gasteiger partial charge in [0.05, 0.1) is 16.5 Å². The van der Waals surface area contributed by atoms with E-state index >= 15 is 0 Å². The van der Waals surface area contributed by atoms with Crippen LogP contribution in [0.25, 0.3) is 4.96 Å². The van der Waals surface area contributed by atoms with Crippen LogP contribution in [0.2, 0.25) is 0 Å². The minimum Gasteiger partial charge on any atom is -0.459 e. The predicted molar refractivity (Wildman–Crippen MR) is 107 cm³/mol. The zero-order chi connectivity index (χ0) is 20.4. The first kappa shape index (κ1) is 19.1. The zero-order valence-corrected chi connectivity index (χ0v) is 16.2. The number of thiazole rings is 1. The molecule has 0 N–H and O–H groups in total. The van der Waals surface area contributed by atoms with E-state index in [0.29, 0.717) is 42.3 Å². The van der Waals surface area contributed by atoms with Gasteiger partial charge in [-0.25, -0.2) is 4.98 Å². The van der Waals surface area contributed by atoms with Crippen LogP contribution in [-0.4, -0.2) is 33.4 Å². The Hall–Kier alpha value is -3.27. The number of piperidine rings is 1. The summed E-state index contributed by atoms with van der Waals surface area (Å²) in [4.78, 5) is 42.1. The molecule has 10 heteroatoms. The van der Waals surface area contributed by atoms with Crippen molar-refractivity contribution in [3.05, 3.63) is 68.1 Å². The summed E-state index contributed by atoms with van der Waals surface area (Å²) in [5.41, 5.74) is 0.844. The van der Waals surface area contributed by atoms with Crippen molar-refractivity contribution in [3.8, 4) is 0 Å². The number of esters is 1. The lowest BCUT2D eigenvalue weighted by Gasteiger charge is -2.32. The summed E-state index contributed by atoms with van der Waals surface area (Å²) in [6.45, 7) is 1.02. The molecule has 4 rings (SSSR count). The Kier molecular flexibility index (Phi) is 5.26. The maximum Gasteiger partial charge on any atom is 0.309 e. The first-order chi connectivity index (χ1) is 14.0. The molecule has 29 heavy (non-hydrogen) atoms. The Labute approximate surface area is 169 Å². The smallest absolute Gasteiger partial charge is 0.309 e. The number of fused-ring (bicyclic) bond motifs is 1. The fourth-order valence-electron chi connectivity index (χ4n) is 3.47. The third kappa shape index (κ3) is 3.97. The van der Waals surface area contributed by atoms with Gasteiger partial charge >= 0.3 is 5.97 Å². The summed E-state index contributed by atoms with van der Waals surface area (Å²) >= 11 is 1.34. The number of carbonyl (C=O) groups is 1. The van der Waals surface area contributed by atoms with Crippen LogP contribution in [0.3, 0.4) is 0 Å². The van der Waals surface area contributed by atoms with Gasteiger partial charge in [-0.2, -0.15) is 0 Å². The number of benzene rings is 1. The second-order valence-corrected chi connectivity index (χ2v) is 7.63. The van der Waals surface area contributed by atoms with Crippen molar-refractivity contribution in [1.82, 2.24) is 9.38 Å². The van der Waals surface area contributed by atoms with Gasteiger partial charge in [-0.1, -0.05) is 12.1 Å². The maximum atomic E-state index is 12.4. The molecule has 150 valence electrons. The summed E-state index contributed by atoms with van der Waals surface area (Å²) < 4.78 is 6.82. The molecule has 0 radical (unpaired) electrons. The van der Waals surface area contributed by atoms with E-state index in [2.05, 4.69) is 4.98 Å². The Balaban J connectivity index is 1.35. The molecule has 0 saturated carbocycles. The van der Waals surface area contributed by atoms with Gasteiger partial charge in [0.2, 0.25) is 0 Å². The number of para-hydroxylation sites is 2. The lowest BCUT2D eigenvalue weighted by molar-refractivity contribution is -0.384. The van der Waals surface area contributed by atoms with Crippen molar-refractivity contribution in [2.24, 2.45) is 5.92 Å². The molecule has 1 saturated heterocycles. The second-order valence-electron chi connectivity index (χ2n) is 6.76. The van der Waals surface area contributed by atoms with E-state index in [9.17, 15) is 19.7 Å². The maximum absolute atomic E-state index is 12.4. The summed E-state index contributed by atoms with van der Waals surface area (Å²) in [6, 6.07) is 7.98. The monoisotopic (exact) mass is 414 g/mol. The molecule has 9 nitrogen and oxygen atoms in total. The highest BCUT2D eigenvalue weighted by Gasteiger charge is 2.29. The molecule has 3 heterocycles. The molecule has 0 bridgehead atoms. The zero-order valence-electron chi connectivity index (χ0n) is 15.4. The molecule has 0 atom stereocenters. The van der Waals surface area contributed by atoms with Gasteiger partial charge in [-0.15, -0.1) is 11.3 Å². The van der Waals surface area contributed by atoms with E-state index in [4.69, 9.17) is 4.74 Å². The number of hydrogen-bond acceptors (Lipinski definition) is 8. The van der Waals surface area contributed by atoms with Gasteiger partial charge in [0.15, 0.2) is 4.96 Å². The number of nitrogens with zero attached hydrogens (tertiary/aromatic N) is 4. The van der Waals surface area contributed by atoms with Crippen LogP contribution in [-0.2, 0) is 16.1 Å². The molecule has 0 unspecified atom stereocenters. The topological polar surface area (TPSA) is 107 Å². The van der Waals surface area contributed by atoms with E-state index in [1.807, 2.05) is 4.90 Å². The van der Waals surface area contributed by atoms with Crippen molar-refractivity contribution in [3.63, 3.8) is 0 Å². The van der Waals surface area contributed by atoms with Gasteiger partial charge in [-0.3, -0.25) is 24.1 Å². The van der Waals surface area contributed by atoms with E-state index in [1.165, 1.54) is 27.9 Å². The molecule has 1 aliphatic heterocycles. The third-order valence-electron chi connectivity index (χ3n) is 4.97. The molecular formula is C19H18N4O5S. The van der Waals surface area contributed by atoms with Crippen LogP contribution in [0, 0.1) is 16.0 Å². The fraction of sp³-hybridized carbons (Fsp3) is 0.316. The highest BCUT2D eigenvalue weighted by atomic mass is 32.1.